The van der Waals surface area contributed by atoms with Crippen LogP contribution < -0.4 is 0 Å². The van der Waals surface area contributed by atoms with Crippen molar-refractivity contribution in [1.82, 2.24) is 0 Å². The fourth-order valence-corrected chi connectivity index (χ4v) is 2.39. The van der Waals surface area contributed by atoms with Crippen LogP contribution in [0.4, 0.5) is 0 Å². The van der Waals surface area contributed by atoms with E-state index in [0.717, 1.165) is 6.42 Å². The first-order valence-electron chi connectivity index (χ1n) is 5.93. The van der Waals surface area contributed by atoms with E-state index >= 15 is 0 Å². The van der Waals surface area contributed by atoms with Gasteiger partial charge >= 0.3 is 0 Å². The van der Waals surface area contributed by atoms with Crippen LogP contribution in [0.15, 0.2) is 54.6 Å². The maximum Gasteiger partial charge on any atom is -0.0149 e. The lowest BCUT2D eigenvalue weighted by atomic mass is 9.96. The van der Waals surface area contributed by atoms with E-state index in [2.05, 4.69) is 49.9 Å². The molecule has 0 N–H and O–H groups in total. The topological polar surface area (TPSA) is 0 Å². The van der Waals surface area contributed by atoms with Gasteiger partial charge in [-0.3, -0.25) is 0 Å². The lowest BCUT2D eigenvalue weighted by Gasteiger charge is -2.08. The highest BCUT2D eigenvalue weighted by atomic mass is 14.2. The number of aryl methyl sites for hydroxylation is 1. The van der Waals surface area contributed by atoms with Gasteiger partial charge < -0.3 is 0 Å². The molecule has 1 aromatic rings. The molecule has 1 aromatic carbocycles. The minimum atomic E-state index is 1.15. The summed E-state index contributed by atoms with van der Waals surface area (Å²) < 4.78 is 0. The minimum absolute atomic E-state index is 1.15. The van der Waals surface area contributed by atoms with Gasteiger partial charge in [-0.05, 0) is 48.5 Å². The van der Waals surface area contributed by atoms with E-state index in [-0.39, 0.29) is 0 Å². The summed E-state index contributed by atoms with van der Waals surface area (Å²) in [7, 11) is 0. The van der Waals surface area contributed by atoms with Crippen molar-refractivity contribution in [3.8, 4) is 0 Å². The van der Waals surface area contributed by atoms with E-state index in [1.807, 2.05) is 6.08 Å². The SMILES string of the molecule is C=CC1=C(/C=C\C)CCCc2ccccc21. The van der Waals surface area contributed by atoms with Crippen molar-refractivity contribution in [1.29, 1.82) is 0 Å². The molecule has 0 spiro atoms. The fraction of sp³-hybridized carbons (Fsp3) is 0.250. The Hall–Kier alpha value is -1.56. The summed E-state index contributed by atoms with van der Waals surface area (Å²) in [5.41, 5.74) is 5.55. The predicted molar refractivity (Wildman–Crippen MR) is 71.3 cm³/mol. The van der Waals surface area contributed by atoms with E-state index in [0.29, 0.717) is 0 Å². The standard InChI is InChI=1S/C16H18/c1-3-8-13-10-7-11-14-9-5-6-12-16(14)15(13)4-2/h3-6,8-9,12H,2,7,10-11H2,1H3/b8-3-. The molecule has 0 amide bonds. The van der Waals surface area contributed by atoms with Crippen LogP contribution in [0.5, 0.6) is 0 Å². The van der Waals surface area contributed by atoms with Crippen LogP contribution in [0, 0.1) is 0 Å². The van der Waals surface area contributed by atoms with Crippen molar-refractivity contribution in [2.45, 2.75) is 26.2 Å². The molecule has 0 atom stereocenters. The Morgan fingerprint density at radius 1 is 1.19 bits per heavy atom. The van der Waals surface area contributed by atoms with Crippen LogP contribution in [0.25, 0.3) is 5.57 Å². The monoisotopic (exact) mass is 210 g/mol. The number of allylic oxidation sites excluding steroid dienone is 5. The van der Waals surface area contributed by atoms with Crippen LogP contribution in [0.3, 0.4) is 0 Å². The highest BCUT2D eigenvalue weighted by Gasteiger charge is 2.12. The third kappa shape index (κ3) is 2.01. The summed E-state index contributed by atoms with van der Waals surface area (Å²) in [5.74, 6) is 0. The van der Waals surface area contributed by atoms with Crippen molar-refractivity contribution >= 4 is 5.57 Å². The Balaban J connectivity index is 2.60. The molecule has 0 heteroatoms. The normalized spacial score (nSPS) is 16.1. The molecule has 0 saturated heterocycles. The third-order valence-electron chi connectivity index (χ3n) is 3.12. The molecule has 0 fully saturated rings. The first kappa shape index (κ1) is 10.9. The van der Waals surface area contributed by atoms with E-state index in [9.17, 15) is 0 Å². The zero-order valence-corrected chi connectivity index (χ0v) is 9.87. The molecule has 0 aromatic heterocycles. The first-order valence-corrected chi connectivity index (χ1v) is 5.93. The number of rotatable bonds is 2. The summed E-state index contributed by atoms with van der Waals surface area (Å²) in [6.07, 6.45) is 9.90. The van der Waals surface area contributed by atoms with E-state index in [1.165, 1.54) is 35.1 Å². The molecule has 82 valence electrons. The molecule has 0 nitrogen and oxygen atoms in total. The molecule has 16 heavy (non-hydrogen) atoms. The Bertz CT molecular complexity index is 447. The number of hydrogen-bond acceptors (Lipinski definition) is 0. The maximum absolute atomic E-state index is 3.97. The van der Waals surface area contributed by atoms with Crippen molar-refractivity contribution in [2.75, 3.05) is 0 Å². The Kier molecular flexibility index (Phi) is 3.40. The van der Waals surface area contributed by atoms with Gasteiger partial charge in [0.15, 0.2) is 0 Å². The van der Waals surface area contributed by atoms with Gasteiger partial charge in [-0.2, -0.15) is 0 Å². The van der Waals surface area contributed by atoms with Crippen LogP contribution in [-0.4, -0.2) is 0 Å². The average molecular weight is 210 g/mol. The van der Waals surface area contributed by atoms with Gasteiger partial charge in [-0.1, -0.05) is 49.1 Å². The van der Waals surface area contributed by atoms with Gasteiger partial charge in [-0.25, -0.2) is 0 Å². The Morgan fingerprint density at radius 2 is 2.00 bits per heavy atom. The van der Waals surface area contributed by atoms with Gasteiger partial charge in [0.25, 0.3) is 0 Å². The van der Waals surface area contributed by atoms with Gasteiger partial charge in [0.1, 0.15) is 0 Å². The fourth-order valence-electron chi connectivity index (χ4n) is 2.39. The minimum Gasteiger partial charge on any atom is -0.0984 e. The molecule has 0 saturated carbocycles. The van der Waals surface area contributed by atoms with E-state index in [4.69, 9.17) is 0 Å². The molecule has 1 aliphatic carbocycles. The predicted octanol–water partition coefficient (Wildman–Crippen LogP) is 4.54. The Morgan fingerprint density at radius 3 is 2.75 bits per heavy atom. The van der Waals surface area contributed by atoms with E-state index in [1.54, 1.807) is 0 Å². The highest BCUT2D eigenvalue weighted by molar-refractivity contribution is 5.80. The smallest absolute Gasteiger partial charge is 0.0149 e. The van der Waals surface area contributed by atoms with Crippen molar-refractivity contribution in [2.24, 2.45) is 0 Å². The molecule has 0 aliphatic heterocycles. The van der Waals surface area contributed by atoms with Gasteiger partial charge in [0.2, 0.25) is 0 Å². The Labute approximate surface area is 98.0 Å². The number of hydrogen-bond donors (Lipinski definition) is 0. The van der Waals surface area contributed by atoms with Crippen LogP contribution in [0.2, 0.25) is 0 Å². The summed E-state index contributed by atoms with van der Waals surface area (Å²) in [4.78, 5) is 0. The molecular formula is C16H18. The second-order valence-electron chi connectivity index (χ2n) is 4.15. The third-order valence-corrected chi connectivity index (χ3v) is 3.12. The molecule has 0 unspecified atom stereocenters. The van der Waals surface area contributed by atoms with Gasteiger partial charge in [0.05, 0.1) is 0 Å². The molecule has 0 bridgehead atoms. The van der Waals surface area contributed by atoms with Crippen LogP contribution in [-0.2, 0) is 6.42 Å². The molecule has 2 rings (SSSR count). The van der Waals surface area contributed by atoms with Crippen LogP contribution >= 0.6 is 0 Å². The van der Waals surface area contributed by atoms with Crippen molar-refractivity contribution < 1.29 is 0 Å². The summed E-state index contributed by atoms with van der Waals surface area (Å²) in [6.45, 7) is 6.04. The number of fused-ring (bicyclic) bond motifs is 1. The van der Waals surface area contributed by atoms with Crippen molar-refractivity contribution in [3.05, 3.63) is 65.8 Å². The van der Waals surface area contributed by atoms with E-state index < -0.39 is 0 Å². The zero-order chi connectivity index (χ0) is 11.4. The summed E-state index contributed by atoms with van der Waals surface area (Å²) in [6, 6.07) is 8.68. The second-order valence-corrected chi connectivity index (χ2v) is 4.15. The van der Waals surface area contributed by atoms with Crippen molar-refractivity contribution in [3.63, 3.8) is 0 Å². The maximum atomic E-state index is 3.97. The van der Waals surface area contributed by atoms with Gasteiger partial charge in [-0.15, -0.1) is 0 Å². The zero-order valence-electron chi connectivity index (χ0n) is 9.87. The average Bonchev–Trinajstić information content (AvgIpc) is 2.48. The van der Waals surface area contributed by atoms with Crippen LogP contribution in [0.1, 0.15) is 30.9 Å². The quantitative estimate of drug-likeness (QED) is 0.672. The molecule has 0 radical (unpaired) electrons. The lowest BCUT2D eigenvalue weighted by Crippen LogP contribution is -1.89. The summed E-state index contributed by atoms with van der Waals surface area (Å²) in [5, 5.41) is 0. The molecule has 1 aliphatic rings. The highest BCUT2D eigenvalue weighted by Crippen LogP contribution is 2.31. The molecule has 0 heterocycles. The van der Waals surface area contributed by atoms with Gasteiger partial charge in [0, 0.05) is 0 Å². The molecular weight excluding hydrogens is 192 g/mol. The largest absolute Gasteiger partial charge is 0.0984 e. The summed E-state index contributed by atoms with van der Waals surface area (Å²) >= 11 is 0. The number of benzene rings is 1. The second kappa shape index (κ2) is 4.98. The lowest BCUT2D eigenvalue weighted by molar-refractivity contribution is 0.834. The first-order chi connectivity index (χ1) is 7.86.